The fraction of sp³-hybridized carbons (Fsp3) is 0.308. The van der Waals surface area contributed by atoms with E-state index in [0.717, 1.165) is 29.4 Å². The van der Waals surface area contributed by atoms with Crippen LogP contribution in [0, 0.1) is 0 Å². The molecule has 3 nitrogen and oxygen atoms in total. The third kappa shape index (κ3) is 3.09. The molecule has 0 radical (unpaired) electrons. The van der Waals surface area contributed by atoms with Gasteiger partial charge in [-0.25, -0.2) is 4.79 Å². The Labute approximate surface area is 109 Å². The van der Waals surface area contributed by atoms with E-state index in [9.17, 15) is 4.79 Å². The van der Waals surface area contributed by atoms with Gasteiger partial charge in [-0.15, -0.1) is 0 Å². The topological polar surface area (TPSA) is 49.3 Å². The zero-order valence-corrected chi connectivity index (χ0v) is 10.9. The molecule has 1 aliphatic rings. The predicted molar refractivity (Wildman–Crippen MR) is 71.5 cm³/mol. The Morgan fingerprint density at radius 2 is 2.24 bits per heavy atom. The van der Waals surface area contributed by atoms with Gasteiger partial charge in [0.25, 0.3) is 0 Å². The van der Waals surface area contributed by atoms with Crippen LogP contribution in [0.1, 0.15) is 29.6 Å². The molecule has 0 saturated heterocycles. The molecule has 2 rings (SSSR count). The molecule has 0 fully saturated rings. The minimum Gasteiger partial charge on any atom is -0.478 e. The lowest BCUT2D eigenvalue weighted by Gasteiger charge is -2.21. The Morgan fingerprint density at radius 3 is 2.82 bits per heavy atom. The first-order valence-electron chi connectivity index (χ1n) is 5.61. The van der Waals surface area contributed by atoms with Crippen molar-refractivity contribution in [3.63, 3.8) is 0 Å². The van der Waals surface area contributed by atoms with Crippen LogP contribution in [0.25, 0.3) is 0 Å². The van der Waals surface area contributed by atoms with Gasteiger partial charge in [0.15, 0.2) is 0 Å². The molecular formula is C13H14BrNO2. The highest BCUT2D eigenvalue weighted by atomic mass is 79.9. The molecule has 1 aromatic carbocycles. The SMILES string of the molecule is O=C(O)c1ccc(NC2CC=CCC2)c(Br)c1. The summed E-state index contributed by atoms with van der Waals surface area (Å²) in [7, 11) is 0. The van der Waals surface area contributed by atoms with E-state index in [0.29, 0.717) is 11.6 Å². The van der Waals surface area contributed by atoms with E-state index in [2.05, 4.69) is 33.4 Å². The minimum atomic E-state index is -0.905. The standard InChI is InChI=1S/C13H14BrNO2/c14-11-8-9(13(16)17)6-7-12(11)15-10-4-2-1-3-5-10/h1-2,6-8,10,15H,3-5H2,(H,16,17). The smallest absolute Gasteiger partial charge is 0.335 e. The van der Waals surface area contributed by atoms with Gasteiger partial charge in [0, 0.05) is 16.2 Å². The van der Waals surface area contributed by atoms with Crippen molar-refractivity contribution in [2.45, 2.75) is 25.3 Å². The maximum Gasteiger partial charge on any atom is 0.335 e. The molecule has 1 aliphatic carbocycles. The molecule has 0 aromatic heterocycles. The van der Waals surface area contributed by atoms with Crippen LogP contribution >= 0.6 is 15.9 Å². The number of rotatable bonds is 3. The van der Waals surface area contributed by atoms with E-state index in [-0.39, 0.29) is 0 Å². The van der Waals surface area contributed by atoms with Crippen molar-refractivity contribution in [1.82, 2.24) is 0 Å². The van der Waals surface area contributed by atoms with Crippen molar-refractivity contribution in [2.75, 3.05) is 5.32 Å². The van der Waals surface area contributed by atoms with Gasteiger partial charge in [-0.1, -0.05) is 12.2 Å². The number of carboxylic acids is 1. The number of hydrogen-bond acceptors (Lipinski definition) is 2. The van der Waals surface area contributed by atoms with E-state index >= 15 is 0 Å². The Balaban J connectivity index is 2.11. The summed E-state index contributed by atoms with van der Waals surface area (Å²) in [6.45, 7) is 0. The van der Waals surface area contributed by atoms with Gasteiger partial charge in [0.1, 0.15) is 0 Å². The van der Waals surface area contributed by atoms with Crippen LogP contribution in [0.4, 0.5) is 5.69 Å². The van der Waals surface area contributed by atoms with Crippen LogP contribution in [-0.2, 0) is 0 Å². The summed E-state index contributed by atoms with van der Waals surface area (Å²) in [4.78, 5) is 10.8. The molecule has 0 heterocycles. The molecule has 1 atom stereocenters. The molecular weight excluding hydrogens is 282 g/mol. The molecule has 4 heteroatoms. The average Bonchev–Trinajstić information content (AvgIpc) is 2.33. The maximum absolute atomic E-state index is 10.8. The molecule has 1 aromatic rings. The molecule has 90 valence electrons. The second-order valence-corrected chi connectivity index (χ2v) is 4.98. The van der Waals surface area contributed by atoms with Crippen LogP contribution in [0.15, 0.2) is 34.8 Å². The van der Waals surface area contributed by atoms with Crippen molar-refractivity contribution in [1.29, 1.82) is 0 Å². The summed E-state index contributed by atoms with van der Waals surface area (Å²) in [6, 6.07) is 5.50. The third-order valence-corrected chi connectivity index (χ3v) is 3.50. The Morgan fingerprint density at radius 1 is 1.41 bits per heavy atom. The van der Waals surface area contributed by atoms with E-state index in [1.165, 1.54) is 0 Å². The largest absolute Gasteiger partial charge is 0.478 e. The zero-order chi connectivity index (χ0) is 12.3. The second-order valence-electron chi connectivity index (χ2n) is 4.13. The molecule has 2 N–H and O–H groups in total. The van der Waals surface area contributed by atoms with E-state index in [4.69, 9.17) is 5.11 Å². The van der Waals surface area contributed by atoms with Crippen molar-refractivity contribution in [2.24, 2.45) is 0 Å². The fourth-order valence-electron chi connectivity index (χ4n) is 1.91. The van der Waals surface area contributed by atoms with Gasteiger partial charge < -0.3 is 10.4 Å². The number of hydrogen-bond donors (Lipinski definition) is 2. The zero-order valence-electron chi connectivity index (χ0n) is 9.32. The maximum atomic E-state index is 10.8. The Kier molecular flexibility index (Phi) is 3.84. The predicted octanol–water partition coefficient (Wildman–Crippen LogP) is 3.67. The monoisotopic (exact) mass is 295 g/mol. The lowest BCUT2D eigenvalue weighted by atomic mass is 10.0. The van der Waals surface area contributed by atoms with Crippen molar-refractivity contribution in [3.8, 4) is 0 Å². The summed E-state index contributed by atoms with van der Waals surface area (Å²) in [5, 5.41) is 12.3. The summed E-state index contributed by atoms with van der Waals surface area (Å²) < 4.78 is 0.798. The number of benzene rings is 1. The highest BCUT2D eigenvalue weighted by molar-refractivity contribution is 9.10. The highest BCUT2D eigenvalue weighted by Gasteiger charge is 2.12. The summed E-state index contributed by atoms with van der Waals surface area (Å²) in [5.74, 6) is -0.905. The van der Waals surface area contributed by atoms with Crippen LogP contribution < -0.4 is 5.32 Å². The Bertz CT molecular complexity index is 457. The molecule has 0 spiro atoms. The first-order valence-corrected chi connectivity index (χ1v) is 6.40. The normalized spacial score (nSPS) is 19.0. The fourth-order valence-corrected chi connectivity index (χ4v) is 2.40. The van der Waals surface area contributed by atoms with Gasteiger partial charge in [-0.05, 0) is 53.4 Å². The number of nitrogens with one attached hydrogen (secondary N) is 1. The Hall–Kier alpha value is -1.29. The first kappa shape index (κ1) is 12.2. The average molecular weight is 296 g/mol. The quantitative estimate of drug-likeness (QED) is 0.837. The number of allylic oxidation sites excluding steroid dienone is 1. The van der Waals surface area contributed by atoms with E-state index in [1.807, 2.05) is 6.07 Å². The van der Waals surface area contributed by atoms with Gasteiger partial charge in [0.05, 0.1) is 5.56 Å². The van der Waals surface area contributed by atoms with E-state index in [1.54, 1.807) is 12.1 Å². The number of aromatic carboxylic acids is 1. The number of halogens is 1. The highest BCUT2D eigenvalue weighted by Crippen LogP contribution is 2.26. The molecule has 0 aliphatic heterocycles. The third-order valence-electron chi connectivity index (χ3n) is 2.84. The molecule has 0 bridgehead atoms. The van der Waals surface area contributed by atoms with Crippen LogP contribution in [0.5, 0.6) is 0 Å². The second kappa shape index (κ2) is 5.36. The minimum absolute atomic E-state index is 0.297. The van der Waals surface area contributed by atoms with Crippen molar-refractivity contribution < 1.29 is 9.90 Å². The van der Waals surface area contributed by atoms with Crippen molar-refractivity contribution in [3.05, 3.63) is 40.4 Å². The number of carbonyl (C=O) groups is 1. The number of anilines is 1. The molecule has 0 saturated carbocycles. The molecule has 0 amide bonds. The van der Waals surface area contributed by atoms with Gasteiger partial charge in [0.2, 0.25) is 0 Å². The van der Waals surface area contributed by atoms with E-state index < -0.39 is 5.97 Å². The lowest BCUT2D eigenvalue weighted by molar-refractivity contribution is 0.0697. The van der Waals surface area contributed by atoms with Gasteiger partial charge in [-0.3, -0.25) is 0 Å². The molecule has 17 heavy (non-hydrogen) atoms. The van der Waals surface area contributed by atoms with Crippen LogP contribution in [0.3, 0.4) is 0 Å². The first-order chi connectivity index (χ1) is 8.16. The summed E-state index contributed by atoms with van der Waals surface area (Å²) in [5.41, 5.74) is 1.25. The van der Waals surface area contributed by atoms with Gasteiger partial charge >= 0.3 is 5.97 Å². The van der Waals surface area contributed by atoms with Crippen LogP contribution in [-0.4, -0.2) is 17.1 Å². The summed E-state index contributed by atoms with van der Waals surface area (Å²) >= 11 is 3.40. The summed E-state index contributed by atoms with van der Waals surface area (Å²) in [6.07, 6.45) is 7.61. The lowest BCUT2D eigenvalue weighted by Crippen LogP contribution is -2.20. The van der Waals surface area contributed by atoms with Crippen molar-refractivity contribution >= 4 is 27.6 Å². The van der Waals surface area contributed by atoms with Gasteiger partial charge in [-0.2, -0.15) is 0 Å². The van der Waals surface area contributed by atoms with Crippen LogP contribution in [0.2, 0.25) is 0 Å². The molecule has 1 unspecified atom stereocenters. The number of carboxylic acid groups (broad SMARTS) is 1.